The lowest BCUT2D eigenvalue weighted by molar-refractivity contribution is -0.120. The zero-order valence-electron chi connectivity index (χ0n) is 14.3. The average molecular weight is 397 g/mol. The molecule has 0 aliphatic carbocycles. The number of rotatable bonds is 6. The zero-order valence-corrected chi connectivity index (χ0v) is 15.9. The van der Waals surface area contributed by atoms with Crippen molar-refractivity contribution < 1.29 is 17.6 Å². The van der Waals surface area contributed by atoms with E-state index in [0.717, 1.165) is 29.7 Å². The summed E-state index contributed by atoms with van der Waals surface area (Å²) in [6.07, 6.45) is 3.03. The molecular formula is C18H21FN2O3S2. The van der Waals surface area contributed by atoms with Gasteiger partial charge in [-0.3, -0.25) is 4.79 Å². The first kappa shape index (κ1) is 19.0. The van der Waals surface area contributed by atoms with Crippen molar-refractivity contribution in [3.8, 4) is 0 Å². The summed E-state index contributed by atoms with van der Waals surface area (Å²) in [6, 6.07) is 9.13. The maximum Gasteiger partial charge on any atom is 0.252 e. The highest BCUT2D eigenvalue weighted by Gasteiger charge is 2.27. The van der Waals surface area contributed by atoms with Crippen molar-refractivity contribution in [1.82, 2.24) is 9.62 Å². The van der Waals surface area contributed by atoms with Gasteiger partial charge in [-0.15, -0.1) is 11.3 Å². The first-order valence-corrected chi connectivity index (χ1v) is 10.8. The molecule has 2 heterocycles. The number of carbonyl (C=O) groups is 1. The molecule has 0 spiro atoms. The Morgan fingerprint density at radius 1 is 1.08 bits per heavy atom. The van der Waals surface area contributed by atoms with Crippen LogP contribution in [0.1, 0.15) is 29.7 Å². The minimum absolute atomic E-state index is 0.157. The van der Waals surface area contributed by atoms with Crippen LogP contribution in [0.5, 0.6) is 0 Å². The van der Waals surface area contributed by atoms with Crippen LogP contribution >= 0.6 is 11.3 Å². The fraction of sp³-hybridized carbons (Fsp3) is 0.389. The number of carbonyl (C=O) groups excluding carboxylic acids is 1. The van der Waals surface area contributed by atoms with E-state index in [4.69, 9.17) is 0 Å². The fourth-order valence-corrected chi connectivity index (χ4v) is 5.83. The van der Waals surface area contributed by atoms with Crippen LogP contribution in [0.25, 0.3) is 0 Å². The van der Waals surface area contributed by atoms with Crippen molar-refractivity contribution in [3.63, 3.8) is 0 Å². The lowest BCUT2D eigenvalue weighted by Crippen LogP contribution is -2.35. The third-order valence-corrected chi connectivity index (χ3v) is 7.74. The highest BCUT2D eigenvalue weighted by Crippen LogP contribution is 2.27. The highest BCUT2D eigenvalue weighted by atomic mass is 32.2. The molecule has 26 heavy (non-hydrogen) atoms. The number of benzene rings is 1. The number of thiophene rings is 1. The molecule has 0 unspecified atom stereocenters. The molecule has 1 amide bonds. The van der Waals surface area contributed by atoms with Gasteiger partial charge >= 0.3 is 0 Å². The van der Waals surface area contributed by atoms with Crippen molar-refractivity contribution in [2.24, 2.45) is 0 Å². The van der Waals surface area contributed by atoms with E-state index < -0.39 is 10.0 Å². The Bertz CT molecular complexity index is 857. The molecule has 1 saturated heterocycles. The lowest BCUT2D eigenvalue weighted by Gasteiger charge is -2.25. The zero-order chi connectivity index (χ0) is 18.6. The number of nitrogens with one attached hydrogen (secondary N) is 1. The van der Waals surface area contributed by atoms with Gasteiger partial charge in [-0.05, 0) is 42.7 Å². The van der Waals surface area contributed by atoms with E-state index in [-0.39, 0.29) is 24.7 Å². The van der Waals surface area contributed by atoms with Crippen LogP contribution in [0.4, 0.5) is 4.39 Å². The van der Waals surface area contributed by atoms with Gasteiger partial charge in [0, 0.05) is 18.0 Å². The summed E-state index contributed by atoms with van der Waals surface area (Å²) in [5, 5.41) is 2.78. The van der Waals surface area contributed by atoms with Gasteiger partial charge in [-0.25, -0.2) is 12.8 Å². The average Bonchev–Trinajstić information content (AvgIpc) is 3.13. The topological polar surface area (TPSA) is 66.5 Å². The van der Waals surface area contributed by atoms with Crippen LogP contribution in [-0.2, 0) is 27.8 Å². The van der Waals surface area contributed by atoms with Gasteiger partial charge in [-0.1, -0.05) is 18.6 Å². The minimum Gasteiger partial charge on any atom is -0.351 e. The molecule has 0 bridgehead atoms. The number of amides is 1. The molecule has 1 N–H and O–H groups in total. The summed E-state index contributed by atoms with van der Waals surface area (Å²) < 4.78 is 40.0. The molecule has 5 nitrogen and oxygen atoms in total. The van der Waals surface area contributed by atoms with E-state index >= 15 is 0 Å². The van der Waals surface area contributed by atoms with Crippen LogP contribution in [0.15, 0.2) is 40.6 Å². The lowest BCUT2D eigenvalue weighted by atomic mass is 10.1. The molecule has 2 aromatic rings. The number of sulfonamides is 1. The number of halogens is 1. The molecule has 0 saturated carbocycles. The largest absolute Gasteiger partial charge is 0.351 e. The standard InChI is InChI=1S/C18H21FN2O3S2/c19-15-6-4-14(5-7-15)12-17(22)20-13-16-8-9-18(25-16)26(23,24)21-10-2-1-3-11-21/h4-9H,1-3,10-13H2,(H,20,22). The molecule has 1 aliphatic rings. The predicted octanol–water partition coefficient (Wildman–Crippen LogP) is 2.92. The van der Waals surface area contributed by atoms with Gasteiger partial charge in [0.25, 0.3) is 10.0 Å². The SMILES string of the molecule is O=C(Cc1ccc(F)cc1)NCc1ccc(S(=O)(=O)N2CCCCC2)s1. The summed E-state index contributed by atoms with van der Waals surface area (Å²) >= 11 is 1.19. The fourth-order valence-electron chi connectivity index (χ4n) is 2.86. The van der Waals surface area contributed by atoms with E-state index in [9.17, 15) is 17.6 Å². The Balaban J connectivity index is 1.56. The molecule has 1 fully saturated rings. The highest BCUT2D eigenvalue weighted by molar-refractivity contribution is 7.91. The van der Waals surface area contributed by atoms with Crippen LogP contribution in [0.2, 0.25) is 0 Å². The first-order chi connectivity index (χ1) is 12.4. The van der Waals surface area contributed by atoms with Gasteiger partial charge in [0.15, 0.2) is 0 Å². The Kier molecular flexibility index (Phi) is 6.05. The molecule has 3 rings (SSSR count). The van der Waals surface area contributed by atoms with Crippen molar-refractivity contribution in [3.05, 3.63) is 52.7 Å². The Morgan fingerprint density at radius 2 is 1.77 bits per heavy atom. The van der Waals surface area contributed by atoms with Crippen LogP contribution in [0, 0.1) is 5.82 Å². The van der Waals surface area contributed by atoms with Gasteiger partial charge in [0.1, 0.15) is 10.0 Å². The predicted molar refractivity (Wildman–Crippen MR) is 98.9 cm³/mol. The van der Waals surface area contributed by atoms with Gasteiger partial charge in [0.2, 0.25) is 5.91 Å². The molecule has 140 valence electrons. The molecule has 8 heteroatoms. The van der Waals surface area contributed by atoms with Crippen LogP contribution < -0.4 is 5.32 Å². The van der Waals surface area contributed by atoms with Crippen LogP contribution in [-0.4, -0.2) is 31.7 Å². The molecule has 0 radical (unpaired) electrons. The summed E-state index contributed by atoms with van der Waals surface area (Å²) in [7, 11) is -3.43. The summed E-state index contributed by atoms with van der Waals surface area (Å²) in [6.45, 7) is 1.42. The van der Waals surface area contributed by atoms with E-state index in [1.54, 1.807) is 28.6 Å². The molecule has 1 aromatic heterocycles. The second kappa shape index (κ2) is 8.28. The van der Waals surface area contributed by atoms with Crippen molar-refractivity contribution in [1.29, 1.82) is 0 Å². The van der Waals surface area contributed by atoms with E-state index in [1.165, 1.54) is 23.5 Å². The quantitative estimate of drug-likeness (QED) is 0.816. The minimum atomic E-state index is -3.43. The summed E-state index contributed by atoms with van der Waals surface area (Å²) in [5.74, 6) is -0.527. The second-order valence-electron chi connectivity index (χ2n) is 6.27. The molecular weight excluding hydrogens is 375 g/mol. The Labute approximate surface area is 156 Å². The van der Waals surface area contributed by atoms with Gasteiger partial charge in [-0.2, -0.15) is 4.31 Å². The number of hydrogen-bond donors (Lipinski definition) is 1. The van der Waals surface area contributed by atoms with E-state index in [0.29, 0.717) is 17.3 Å². The smallest absolute Gasteiger partial charge is 0.252 e. The van der Waals surface area contributed by atoms with E-state index in [1.807, 2.05) is 0 Å². The normalized spacial score (nSPS) is 15.7. The maximum absolute atomic E-state index is 12.9. The Hall–Kier alpha value is -1.77. The number of piperidine rings is 1. The van der Waals surface area contributed by atoms with Crippen molar-refractivity contribution >= 4 is 27.3 Å². The number of nitrogens with zero attached hydrogens (tertiary/aromatic N) is 1. The van der Waals surface area contributed by atoms with Gasteiger partial charge in [0.05, 0.1) is 13.0 Å². The van der Waals surface area contributed by atoms with E-state index in [2.05, 4.69) is 5.32 Å². The third kappa shape index (κ3) is 4.69. The number of hydrogen-bond acceptors (Lipinski definition) is 4. The maximum atomic E-state index is 12.9. The monoisotopic (exact) mass is 396 g/mol. The molecule has 1 aliphatic heterocycles. The van der Waals surface area contributed by atoms with Gasteiger partial charge < -0.3 is 5.32 Å². The second-order valence-corrected chi connectivity index (χ2v) is 9.60. The Morgan fingerprint density at radius 3 is 2.46 bits per heavy atom. The third-order valence-electron chi connectivity index (χ3n) is 4.28. The van der Waals surface area contributed by atoms with Crippen molar-refractivity contribution in [2.45, 2.75) is 36.4 Å². The molecule has 1 aromatic carbocycles. The first-order valence-electron chi connectivity index (χ1n) is 8.55. The van der Waals surface area contributed by atoms with Crippen molar-refractivity contribution in [2.75, 3.05) is 13.1 Å². The summed E-state index contributed by atoms with van der Waals surface area (Å²) in [4.78, 5) is 12.8. The molecule has 0 atom stereocenters. The van der Waals surface area contributed by atoms with Crippen LogP contribution in [0.3, 0.4) is 0 Å². The summed E-state index contributed by atoms with van der Waals surface area (Å²) in [5.41, 5.74) is 0.725.